The molecule has 1 aliphatic heterocycles. The van der Waals surface area contributed by atoms with Crippen LogP contribution in [0, 0.1) is 6.92 Å². The first kappa shape index (κ1) is 16.2. The Bertz CT molecular complexity index is 728. The van der Waals surface area contributed by atoms with E-state index in [0.717, 1.165) is 29.9 Å². The van der Waals surface area contributed by atoms with Crippen molar-refractivity contribution in [2.45, 2.75) is 25.8 Å². The molecule has 7 heteroatoms. The van der Waals surface area contributed by atoms with Gasteiger partial charge >= 0.3 is 6.03 Å². The monoisotopic (exact) mass is 331 g/mol. The summed E-state index contributed by atoms with van der Waals surface area (Å²) >= 11 is 0. The van der Waals surface area contributed by atoms with Crippen LogP contribution < -0.4 is 14.8 Å². The molecule has 0 saturated carbocycles. The molecule has 0 radical (unpaired) electrons. The molecule has 0 aliphatic carbocycles. The van der Waals surface area contributed by atoms with Gasteiger partial charge in [0.05, 0.1) is 20.3 Å². The number of methoxy groups -OCH3 is 2. The summed E-state index contributed by atoms with van der Waals surface area (Å²) in [4.78, 5) is 14.4. The molecular formula is C17H21N3O4. The van der Waals surface area contributed by atoms with Crippen molar-refractivity contribution < 1.29 is 18.8 Å². The molecule has 0 bridgehead atoms. The van der Waals surface area contributed by atoms with Crippen LogP contribution in [-0.2, 0) is 0 Å². The fraction of sp³-hybridized carbons (Fsp3) is 0.412. The molecule has 24 heavy (non-hydrogen) atoms. The van der Waals surface area contributed by atoms with Gasteiger partial charge in [0.15, 0.2) is 5.82 Å². The second-order valence-electron chi connectivity index (χ2n) is 5.71. The van der Waals surface area contributed by atoms with Crippen molar-refractivity contribution in [3.8, 4) is 11.5 Å². The average molecular weight is 331 g/mol. The molecule has 2 amide bonds. The van der Waals surface area contributed by atoms with Gasteiger partial charge in [-0.3, -0.25) is 5.32 Å². The quantitative estimate of drug-likeness (QED) is 0.929. The molecule has 2 heterocycles. The molecule has 1 atom stereocenters. The van der Waals surface area contributed by atoms with E-state index in [-0.39, 0.29) is 12.1 Å². The Morgan fingerprint density at radius 1 is 1.33 bits per heavy atom. The number of anilines is 1. The molecular weight excluding hydrogens is 310 g/mol. The van der Waals surface area contributed by atoms with Gasteiger partial charge in [0.25, 0.3) is 0 Å². The van der Waals surface area contributed by atoms with Gasteiger partial charge in [-0.05, 0) is 38.0 Å². The van der Waals surface area contributed by atoms with Crippen molar-refractivity contribution in [1.82, 2.24) is 10.1 Å². The summed E-state index contributed by atoms with van der Waals surface area (Å²) in [5.74, 6) is 2.56. The van der Waals surface area contributed by atoms with E-state index in [1.165, 1.54) is 0 Å². The van der Waals surface area contributed by atoms with E-state index < -0.39 is 0 Å². The van der Waals surface area contributed by atoms with Crippen molar-refractivity contribution in [2.75, 3.05) is 26.1 Å². The van der Waals surface area contributed by atoms with Crippen LogP contribution in [0.1, 0.15) is 30.2 Å². The Morgan fingerprint density at radius 2 is 2.17 bits per heavy atom. The molecule has 1 saturated heterocycles. The molecule has 1 aromatic heterocycles. The summed E-state index contributed by atoms with van der Waals surface area (Å²) in [7, 11) is 3.25. The fourth-order valence-corrected chi connectivity index (χ4v) is 3.04. The number of carbonyl (C=O) groups is 1. The van der Waals surface area contributed by atoms with E-state index in [9.17, 15) is 4.79 Å². The number of ether oxygens (including phenoxy) is 2. The molecule has 2 aromatic rings. The number of aryl methyl sites for hydroxylation is 1. The van der Waals surface area contributed by atoms with Crippen LogP contribution in [0.5, 0.6) is 11.5 Å². The number of likely N-dealkylation sites (tertiary alicyclic amines) is 1. The predicted octanol–water partition coefficient (Wildman–Crippen LogP) is 3.37. The predicted molar refractivity (Wildman–Crippen MR) is 88.5 cm³/mol. The van der Waals surface area contributed by atoms with Gasteiger partial charge in [-0.25, -0.2) is 4.79 Å². The maximum atomic E-state index is 12.6. The van der Waals surface area contributed by atoms with E-state index in [1.807, 2.05) is 18.2 Å². The Kier molecular flexibility index (Phi) is 4.59. The van der Waals surface area contributed by atoms with Gasteiger partial charge in [0.1, 0.15) is 17.3 Å². The molecule has 1 aromatic carbocycles. The average Bonchev–Trinajstić information content (AvgIpc) is 3.23. The molecule has 1 aliphatic rings. The largest absolute Gasteiger partial charge is 0.497 e. The van der Waals surface area contributed by atoms with Crippen molar-refractivity contribution in [3.63, 3.8) is 0 Å². The zero-order valence-corrected chi connectivity index (χ0v) is 14.0. The molecule has 128 valence electrons. The SMILES string of the molecule is COc1ccc(OC)c([C@@H]2CCCN2C(=O)Nc2cc(C)on2)c1. The minimum Gasteiger partial charge on any atom is -0.497 e. The van der Waals surface area contributed by atoms with E-state index in [0.29, 0.717) is 18.1 Å². The van der Waals surface area contributed by atoms with Crippen LogP contribution in [-0.4, -0.2) is 36.9 Å². The minimum atomic E-state index is -0.198. The third-order valence-electron chi connectivity index (χ3n) is 4.17. The van der Waals surface area contributed by atoms with Gasteiger partial charge in [-0.15, -0.1) is 0 Å². The van der Waals surface area contributed by atoms with Crippen LogP contribution in [0.15, 0.2) is 28.8 Å². The molecule has 0 unspecified atom stereocenters. The summed E-state index contributed by atoms with van der Waals surface area (Å²) in [6.07, 6.45) is 1.80. The van der Waals surface area contributed by atoms with Crippen LogP contribution in [0.4, 0.5) is 10.6 Å². The Balaban J connectivity index is 1.83. The number of urea groups is 1. The second kappa shape index (κ2) is 6.82. The van der Waals surface area contributed by atoms with E-state index >= 15 is 0 Å². The lowest BCUT2D eigenvalue weighted by molar-refractivity contribution is 0.205. The topological polar surface area (TPSA) is 76.8 Å². The number of nitrogens with one attached hydrogen (secondary N) is 1. The molecule has 3 rings (SSSR count). The van der Waals surface area contributed by atoms with Crippen molar-refractivity contribution in [1.29, 1.82) is 0 Å². The van der Waals surface area contributed by atoms with Crippen molar-refractivity contribution in [2.24, 2.45) is 0 Å². The second-order valence-corrected chi connectivity index (χ2v) is 5.71. The summed E-state index contributed by atoms with van der Waals surface area (Å²) in [6.45, 7) is 2.45. The first-order valence-corrected chi connectivity index (χ1v) is 7.85. The number of benzene rings is 1. The van der Waals surface area contributed by atoms with Crippen molar-refractivity contribution in [3.05, 3.63) is 35.6 Å². The maximum absolute atomic E-state index is 12.6. The molecule has 1 fully saturated rings. The third kappa shape index (κ3) is 3.15. The molecule has 1 N–H and O–H groups in total. The maximum Gasteiger partial charge on any atom is 0.323 e. The summed E-state index contributed by atoms with van der Waals surface area (Å²) in [5, 5.41) is 6.59. The highest BCUT2D eigenvalue weighted by atomic mass is 16.5. The lowest BCUT2D eigenvalue weighted by atomic mass is 10.0. The highest BCUT2D eigenvalue weighted by Gasteiger charge is 2.32. The Morgan fingerprint density at radius 3 is 2.83 bits per heavy atom. The summed E-state index contributed by atoms with van der Waals surface area (Å²) in [6, 6.07) is 7.06. The number of aromatic nitrogens is 1. The number of carbonyl (C=O) groups excluding carboxylic acids is 1. The smallest absolute Gasteiger partial charge is 0.323 e. The number of amides is 2. The van der Waals surface area contributed by atoms with Gasteiger partial charge in [0, 0.05) is 18.2 Å². The lowest BCUT2D eigenvalue weighted by Gasteiger charge is -2.26. The normalized spacial score (nSPS) is 17.0. The van der Waals surface area contributed by atoms with E-state index in [2.05, 4.69) is 10.5 Å². The van der Waals surface area contributed by atoms with Crippen LogP contribution in [0.25, 0.3) is 0 Å². The van der Waals surface area contributed by atoms with E-state index in [4.69, 9.17) is 14.0 Å². The standard InChI is InChI=1S/C17H21N3O4/c1-11-9-16(19-24-11)18-17(21)20-8-4-5-14(20)13-10-12(22-2)6-7-15(13)23-3/h6-7,9-10,14H,4-5,8H2,1-3H3,(H,18,19,21)/t14-/m0/s1. The van der Waals surface area contributed by atoms with Gasteiger partial charge < -0.3 is 18.9 Å². The molecule has 0 spiro atoms. The minimum absolute atomic E-state index is 0.0666. The number of hydrogen-bond acceptors (Lipinski definition) is 5. The van der Waals surface area contributed by atoms with Crippen LogP contribution >= 0.6 is 0 Å². The first-order chi connectivity index (χ1) is 11.6. The zero-order valence-electron chi connectivity index (χ0n) is 14.0. The van der Waals surface area contributed by atoms with Crippen LogP contribution in [0.2, 0.25) is 0 Å². The molecule has 7 nitrogen and oxygen atoms in total. The van der Waals surface area contributed by atoms with Gasteiger partial charge in [0.2, 0.25) is 0 Å². The Hall–Kier alpha value is -2.70. The highest BCUT2D eigenvalue weighted by Crippen LogP contribution is 2.39. The number of rotatable bonds is 4. The van der Waals surface area contributed by atoms with Gasteiger partial charge in [-0.2, -0.15) is 0 Å². The number of hydrogen-bond donors (Lipinski definition) is 1. The van der Waals surface area contributed by atoms with Crippen LogP contribution in [0.3, 0.4) is 0 Å². The lowest BCUT2D eigenvalue weighted by Crippen LogP contribution is -2.34. The summed E-state index contributed by atoms with van der Waals surface area (Å²) < 4.78 is 15.8. The van der Waals surface area contributed by atoms with E-state index in [1.54, 1.807) is 32.1 Å². The highest BCUT2D eigenvalue weighted by molar-refractivity contribution is 5.88. The first-order valence-electron chi connectivity index (χ1n) is 7.85. The summed E-state index contributed by atoms with van der Waals surface area (Å²) in [5.41, 5.74) is 0.945. The number of nitrogens with zero attached hydrogens (tertiary/aromatic N) is 2. The fourth-order valence-electron chi connectivity index (χ4n) is 3.04. The third-order valence-corrected chi connectivity index (χ3v) is 4.17. The Labute approximate surface area is 140 Å². The van der Waals surface area contributed by atoms with Crippen molar-refractivity contribution >= 4 is 11.8 Å². The zero-order chi connectivity index (χ0) is 17.1. The van der Waals surface area contributed by atoms with Gasteiger partial charge in [-0.1, -0.05) is 5.16 Å².